The van der Waals surface area contributed by atoms with Gasteiger partial charge in [0, 0.05) is 35.3 Å². The van der Waals surface area contributed by atoms with Gasteiger partial charge in [0.2, 0.25) is 0 Å². The molecule has 1 aromatic heterocycles. The zero-order chi connectivity index (χ0) is 27.9. The number of carboxylic acids is 1. The summed E-state index contributed by atoms with van der Waals surface area (Å²) in [5.41, 5.74) is 0.929. The second kappa shape index (κ2) is 10.8. The van der Waals surface area contributed by atoms with Crippen LogP contribution in [0.4, 0.5) is 10.1 Å². The van der Waals surface area contributed by atoms with E-state index in [-0.39, 0.29) is 21.7 Å². The number of benzene rings is 2. The first-order valence-corrected chi connectivity index (χ1v) is 13.5. The van der Waals surface area contributed by atoms with Gasteiger partial charge in [0.05, 0.1) is 15.7 Å². The van der Waals surface area contributed by atoms with Gasteiger partial charge in [-0.15, -0.1) is 22.9 Å². The van der Waals surface area contributed by atoms with Crippen molar-refractivity contribution in [3.63, 3.8) is 0 Å². The number of alkyl halides is 1. The number of amides is 1. The highest BCUT2D eigenvalue weighted by Gasteiger charge is 2.36. The minimum atomic E-state index is -1.50. The Kier molecular flexibility index (Phi) is 8.00. The van der Waals surface area contributed by atoms with Crippen LogP contribution in [0.25, 0.3) is 15.8 Å². The Labute approximate surface area is 234 Å². The Morgan fingerprint density at radius 3 is 2.47 bits per heavy atom. The molecular formula is C28H27Cl2FN2O4S. The van der Waals surface area contributed by atoms with Crippen LogP contribution in [0.5, 0.6) is 0 Å². The summed E-state index contributed by atoms with van der Waals surface area (Å²) in [6.45, 7) is 6.66. The van der Waals surface area contributed by atoms with Crippen molar-refractivity contribution in [3.8, 4) is 0 Å². The molecular weight excluding hydrogens is 550 g/mol. The smallest absolute Gasteiger partial charge is 0.337 e. The molecule has 1 aliphatic carbocycles. The third-order valence-electron chi connectivity index (χ3n) is 6.10. The van der Waals surface area contributed by atoms with Crippen LogP contribution in [-0.4, -0.2) is 40.0 Å². The van der Waals surface area contributed by atoms with Gasteiger partial charge in [-0.2, -0.15) is 0 Å². The van der Waals surface area contributed by atoms with E-state index >= 15 is 4.39 Å². The second-order valence-corrected chi connectivity index (χ2v) is 12.0. The lowest BCUT2D eigenvalue weighted by molar-refractivity contribution is -0.160. The maximum atomic E-state index is 15.9. The fourth-order valence-electron chi connectivity index (χ4n) is 4.32. The zero-order valence-electron chi connectivity index (χ0n) is 21.5. The SMILES string of the molecule is Cc1c([C@H](OC(C)(C)C)C(=O)O)c(C2=CC=C(Cl)C[C@H]2Cl)c2sc(C(=O)N(C)c3ccccc3)nc2c1F. The molecule has 4 rings (SSSR count). The number of allylic oxidation sites excluding steroid dienone is 4. The molecule has 0 radical (unpaired) electrons. The first-order valence-electron chi connectivity index (χ1n) is 11.9. The van der Waals surface area contributed by atoms with E-state index in [2.05, 4.69) is 4.98 Å². The second-order valence-electron chi connectivity index (χ2n) is 9.98. The maximum absolute atomic E-state index is 15.9. The van der Waals surface area contributed by atoms with E-state index in [0.717, 1.165) is 11.3 Å². The van der Waals surface area contributed by atoms with E-state index in [1.165, 1.54) is 11.8 Å². The maximum Gasteiger partial charge on any atom is 0.337 e. The average molecular weight is 578 g/mol. The Morgan fingerprint density at radius 2 is 1.89 bits per heavy atom. The summed E-state index contributed by atoms with van der Waals surface area (Å²) in [6.07, 6.45) is 2.20. The number of aliphatic carboxylic acids is 1. The summed E-state index contributed by atoms with van der Waals surface area (Å²) in [5.74, 6) is -2.41. The number of carbonyl (C=O) groups is 2. The highest BCUT2D eigenvalue weighted by Crippen LogP contribution is 2.45. The lowest BCUT2D eigenvalue weighted by atomic mass is 9.87. The van der Waals surface area contributed by atoms with E-state index in [4.69, 9.17) is 27.9 Å². The van der Waals surface area contributed by atoms with Crippen molar-refractivity contribution in [2.75, 3.05) is 11.9 Å². The van der Waals surface area contributed by atoms with E-state index in [1.54, 1.807) is 64.2 Å². The van der Waals surface area contributed by atoms with Crippen molar-refractivity contribution < 1.29 is 23.8 Å². The molecule has 200 valence electrons. The highest BCUT2D eigenvalue weighted by atomic mass is 35.5. The fraction of sp³-hybridized carbons (Fsp3) is 0.321. The van der Waals surface area contributed by atoms with Crippen LogP contribution in [0.15, 0.2) is 47.5 Å². The number of aromatic nitrogens is 1. The molecule has 0 saturated heterocycles. The van der Waals surface area contributed by atoms with Gasteiger partial charge >= 0.3 is 5.97 Å². The minimum absolute atomic E-state index is 0.0265. The number of hydrogen-bond donors (Lipinski definition) is 1. The predicted molar refractivity (Wildman–Crippen MR) is 151 cm³/mol. The molecule has 0 unspecified atom stereocenters. The summed E-state index contributed by atoms with van der Waals surface area (Å²) in [4.78, 5) is 31.7. The first-order chi connectivity index (χ1) is 17.8. The molecule has 1 heterocycles. The first kappa shape index (κ1) is 28.2. The number of nitrogens with zero attached hydrogens (tertiary/aromatic N) is 2. The van der Waals surface area contributed by atoms with Crippen LogP contribution < -0.4 is 4.90 Å². The Morgan fingerprint density at radius 1 is 1.24 bits per heavy atom. The van der Waals surface area contributed by atoms with Gasteiger partial charge < -0.3 is 14.7 Å². The van der Waals surface area contributed by atoms with Crippen molar-refractivity contribution in [3.05, 3.63) is 75.0 Å². The topological polar surface area (TPSA) is 79.7 Å². The zero-order valence-corrected chi connectivity index (χ0v) is 23.8. The molecule has 0 spiro atoms. The van der Waals surface area contributed by atoms with Gasteiger partial charge in [-0.05, 0) is 57.0 Å². The summed E-state index contributed by atoms with van der Waals surface area (Å²) < 4.78 is 22.2. The van der Waals surface area contributed by atoms with Crippen LogP contribution >= 0.6 is 34.5 Å². The molecule has 0 aliphatic heterocycles. The van der Waals surface area contributed by atoms with Crippen molar-refractivity contribution in [1.82, 2.24) is 4.98 Å². The third-order valence-corrected chi connectivity index (χ3v) is 7.83. The van der Waals surface area contributed by atoms with E-state index in [1.807, 2.05) is 6.07 Å². The van der Waals surface area contributed by atoms with Crippen molar-refractivity contribution >= 4 is 67.9 Å². The van der Waals surface area contributed by atoms with Crippen LogP contribution in [-0.2, 0) is 9.53 Å². The number of para-hydroxylation sites is 1. The molecule has 0 fully saturated rings. The molecule has 0 saturated carbocycles. The number of hydrogen-bond acceptors (Lipinski definition) is 5. The summed E-state index contributed by atoms with van der Waals surface area (Å²) in [7, 11) is 1.61. The summed E-state index contributed by atoms with van der Waals surface area (Å²) >= 11 is 13.9. The number of ether oxygens (including phenoxy) is 1. The van der Waals surface area contributed by atoms with Crippen molar-refractivity contribution in [2.45, 2.75) is 51.2 Å². The molecule has 1 N–H and O–H groups in total. The summed E-state index contributed by atoms with van der Waals surface area (Å²) in [5, 5.41) is 10.2. The molecule has 10 heteroatoms. The van der Waals surface area contributed by atoms with Gasteiger partial charge in [-0.3, -0.25) is 4.79 Å². The highest BCUT2D eigenvalue weighted by molar-refractivity contribution is 7.20. The van der Waals surface area contributed by atoms with Crippen LogP contribution in [0.3, 0.4) is 0 Å². The van der Waals surface area contributed by atoms with E-state index in [0.29, 0.717) is 33.0 Å². The Hall–Kier alpha value is -2.78. The van der Waals surface area contributed by atoms with Gasteiger partial charge in [0.15, 0.2) is 16.9 Å². The number of carboxylic acid groups (broad SMARTS) is 1. The fourth-order valence-corrected chi connectivity index (χ4v) is 6.08. The van der Waals surface area contributed by atoms with E-state index < -0.39 is 34.8 Å². The molecule has 2 atom stereocenters. The lowest BCUT2D eigenvalue weighted by Crippen LogP contribution is -2.29. The van der Waals surface area contributed by atoms with Gasteiger partial charge in [0.1, 0.15) is 5.52 Å². The monoisotopic (exact) mass is 576 g/mol. The summed E-state index contributed by atoms with van der Waals surface area (Å²) in [6, 6.07) is 9.01. The van der Waals surface area contributed by atoms with Gasteiger partial charge in [-0.1, -0.05) is 35.9 Å². The lowest BCUT2D eigenvalue weighted by Gasteiger charge is -2.29. The molecule has 2 aromatic carbocycles. The van der Waals surface area contributed by atoms with Crippen LogP contribution in [0.2, 0.25) is 0 Å². The number of halogens is 3. The molecule has 0 bridgehead atoms. The standard InChI is InChI=1S/C28H27Cl2FN2O4S/c1-14-19(23(27(35)36)37-28(2,3)4)20(17-12-11-15(29)13-18(17)30)24-22(21(14)31)32-25(38-24)26(34)33(5)16-9-7-6-8-10-16/h6-12,18,23H,13H2,1-5H3,(H,35,36)/t18-,23+/m1/s1. The van der Waals surface area contributed by atoms with Crippen LogP contribution in [0.1, 0.15) is 59.8 Å². The Balaban J connectivity index is 2.01. The largest absolute Gasteiger partial charge is 0.479 e. The number of rotatable bonds is 6. The molecule has 1 aliphatic rings. The number of anilines is 1. The predicted octanol–water partition coefficient (Wildman–Crippen LogP) is 7.48. The van der Waals surface area contributed by atoms with Crippen molar-refractivity contribution in [2.24, 2.45) is 0 Å². The quantitative estimate of drug-likeness (QED) is 0.308. The van der Waals surface area contributed by atoms with Gasteiger partial charge in [-0.25, -0.2) is 14.2 Å². The average Bonchev–Trinajstić information content (AvgIpc) is 3.30. The molecule has 3 aromatic rings. The minimum Gasteiger partial charge on any atom is -0.479 e. The Bertz CT molecular complexity index is 1480. The third kappa shape index (κ3) is 5.50. The normalized spacial score (nSPS) is 16.7. The van der Waals surface area contributed by atoms with Gasteiger partial charge in [0.25, 0.3) is 5.91 Å². The van der Waals surface area contributed by atoms with E-state index in [9.17, 15) is 14.7 Å². The number of fused-ring (bicyclic) bond motifs is 1. The van der Waals surface area contributed by atoms with Crippen LogP contribution in [0, 0.1) is 12.7 Å². The molecule has 1 amide bonds. The van der Waals surface area contributed by atoms with Crippen molar-refractivity contribution in [1.29, 1.82) is 0 Å². The number of carbonyl (C=O) groups excluding carboxylic acids is 1. The molecule has 38 heavy (non-hydrogen) atoms. The molecule has 6 nitrogen and oxygen atoms in total. The number of thiazole rings is 1.